The van der Waals surface area contributed by atoms with Gasteiger partial charge in [-0.2, -0.15) is 0 Å². The molecule has 0 bridgehead atoms. The fourth-order valence-electron chi connectivity index (χ4n) is 3.26. The number of halogens is 3. The molecule has 0 radical (unpaired) electrons. The molecule has 1 aliphatic rings. The maximum atomic E-state index is 12.9. The van der Waals surface area contributed by atoms with Gasteiger partial charge in [-0.25, -0.2) is 0 Å². The zero-order valence-corrected chi connectivity index (χ0v) is 17.9. The van der Waals surface area contributed by atoms with Crippen molar-refractivity contribution in [3.05, 3.63) is 46.3 Å². The van der Waals surface area contributed by atoms with Gasteiger partial charge < -0.3 is 15.2 Å². The maximum Gasteiger partial charge on any atom is 0.573 e. The van der Waals surface area contributed by atoms with E-state index in [1.807, 2.05) is 6.92 Å². The molecule has 1 amide bonds. The Labute approximate surface area is 185 Å². The minimum atomic E-state index is -4.83. The van der Waals surface area contributed by atoms with Crippen LogP contribution < -0.4 is 15.4 Å². The van der Waals surface area contributed by atoms with Crippen molar-refractivity contribution < 1.29 is 37.4 Å². The molecule has 2 aromatic rings. The second-order valence-electron chi connectivity index (χ2n) is 7.35. The molecule has 11 heteroatoms. The molecule has 0 unspecified atom stereocenters. The Balaban J connectivity index is 1.72. The molecule has 1 aliphatic carbocycles. The normalized spacial score (nSPS) is 15.0. The summed E-state index contributed by atoms with van der Waals surface area (Å²) in [6.45, 7) is 1.65. The van der Waals surface area contributed by atoms with Crippen LogP contribution in [0.3, 0.4) is 0 Å². The van der Waals surface area contributed by atoms with Gasteiger partial charge in [0, 0.05) is 10.4 Å². The number of thiophene rings is 1. The number of anilines is 1. The van der Waals surface area contributed by atoms with Crippen LogP contribution in [0, 0.1) is 0 Å². The number of aryl methyl sites for hydroxylation is 1. The predicted molar refractivity (Wildman–Crippen MR) is 111 cm³/mol. The fourth-order valence-corrected chi connectivity index (χ4v) is 4.27. The number of alkyl halides is 3. The van der Waals surface area contributed by atoms with E-state index in [2.05, 4.69) is 15.4 Å². The molecule has 1 aromatic carbocycles. The number of carboxylic acids is 1. The lowest BCUT2D eigenvalue weighted by Gasteiger charge is -2.38. The first-order valence-corrected chi connectivity index (χ1v) is 10.7. The first-order chi connectivity index (χ1) is 15.0. The fraction of sp³-hybridized carbons (Fsp3) is 0.381. The molecule has 0 atom stereocenters. The summed E-state index contributed by atoms with van der Waals surface area (Å²) in [7, 11) is 0. The molecule has 172 valence electrons. The number of hydrogen-bond donors (Lipinski definition) is 3. The Morgan fingerprint density at radius 1 is 1.19 bits per heavy atom. The average Bonchev–Trinajstić information content (AvgIpc) is 3.08. The maximum absolute atomic E-state index is 12.9. The zero-order chi connectivity index (χ0) is 23.5. The van der Waals surface area contributed by atoms with Gasteiger partial charge >= 0.3 is 12.3 Å². The Morgan fingerprint density at radius 2 is 1.84 bits per heavy atom. The van der Waals surface area contributed by atoms with E-state index in [1.165, 1.54) is 23.5 Å². The zero-order valence-electron chi connectivity index (χ0n) is 17.0. The number of rotatable bonds is 9. The molecular formula is C21H21F3N2O5S. The number of aliphatic carboxylic acids is 1. The van der Waals surface area contributed by atoms with E-state index in [-0.39, 0.29) is 17.7 Å². The predicted octanol–water partition coefficient (Wildman–Crippen LogP) is 3.98. The average molecular weight is 470 g/mol. The summed E-state index contributed by atoms with van der Waals surface area (Å²) >= 11 is 1.21. The highest BCUT2D eigenvalue weighted by molar-refractivity contribution is 7.16. The Kier molecular flexibility index (Phi) is 6.89. The molecule has 1 heterocycles. The van der Waals surface area contributed by atoms with Crippen molar-refractivity contribution >= 4 is 34.0 Å². The number of amides is 1. The van der Waals surface area contributed by atoms with E-state index >= 15 is 0 Å². The van der Waals surface area contributed by atoms with Crippen molar-refractivity contribution in [1.29, 1.82) is 0 Å². The topological polar surface area (TPSA) is 105 Å². The lowest BCUT2D eigenvalue weighted by molar-refractivity contribution is -0.274. The van der Waals surface area contributed by atoms with Crippen LogP contribution in [0.1, 0.15) is 47.0 Å². The number of ketones is 1. The van der Waals surface area contributed by atoms with Crippen LogP contribution in [-0.2, 0) is 16.0 Å². The number of benzene rings is 1. The molecule has 0 spiro atoms. The van der Waals surface area contributed by atoms with Crippen LogP contribution in [0.2, 0.25) is 0 Å². The summed E-state index contributed by atoms with van der Waals surface area (Å²) in [6.07, 6.45) is -2.59. The van der Waals surface area contributed by atoms with Crippen molar-refractivity contribution in [3.63, 3.8) is 0 Å². The third-order valence-electron chi connectivity index (χ3n) is 5.18. The van der Waals surface area contributed by atoms with Crippen LogP contribution in [0.5, 0.6) is 5.75 Å². The van der Waals surface area contributed by atoms with Crippen LogP contribution >= 0.6 is 11.3 Å². The van der Waals surface area contributed by atoms with Gasteiger partial charge in [-0.15, -0.1) is 24.5 Å². The number of nitrogens with one attached hydrogen (secondary N) is 2. The van der Waals surface area contributed by atoms with E-state index in [4.69, 9.17) is 0 Å². The van der Waals surface area contributed by atoms with Gasteiger partial charge in [0.25, 0.3) is 0 Å². The third-order valence-corrected chi connectivity index (χ3v) is 6.38. The quantitative estimate of drug-likeness (QED) is 0.479. The third kappa shape index (κ3) is 5.46. The highest BCUT2D eigenvalue weighted by Gasteiger charge is 2.44. The first-order valence-electron chi connectivity index (χ1n) is 9.84. The van der Waals surface area contributed by atoms with Crippen molar-refractivity contribution in [1.82, 2.24) is 5.32 Å². The van der Waals surface area contributed by atoms with Gasteiger partial charge in [0.05, 0.1) is 12.1 Å². The largest absolute Gasteiger partial charge is 0.573 e. The van der Waals surface area contributed by atoms with Crippen molar-refractivity contribution in [2.45, 2.75) is 44.5 Å². The Hall–Kier alpha value is -2.92. The van der Waals surface area contributed by atoms with Crippen LogP contribution in [0.4, 0.5) is 18.2 Å². The first kappa shape index (κ1) is 23.7. The van der Waals surface area contributed by atoms with Gasteiger partial charge in [0.2, 0.25) is 5.91 Å². The molecule has 1 fully saturated rings. The highest BCUT2D eigenvalue weighted by Crippen LogP contribution is 2.33. The van der Waals surface area contributed by atoms with Crippen LogP contribution in [-0.4, -0.2) is 41.2 Å². The van der Waals surface area contributed by atoms with Gasteiger partial charge in [-0.1, -0.05) is 6.92 Å². The van der Waals surface area contributed by atoms with Gasteiger partial charge in [-0.05, 0) is 56.0 Å². The smallest absolute Gasteiger partial charge is 0.480 e. The SMILES string of the molecule is CCc1cc(C(=O)c2ccc(OC(F)(F)F)cc2)c(NC(=O)CNC2(C(=O)O)CCC2)s1. The standard InChI is InChI=1S/C21H21F3N2O5S/c1-2-14-10-15(17(28)12-4-6-13(7-5-12)31-21(22,23)24)18(32-14)26-16(27)11-25-20(19(29)30)8-3-9-20/h4-7,10,25H,2-3,8-9,11H2,1H3,(H,26,27)(H,29,30). The number of ether oxygens (including phenoxy) is 1. The number of carbonyl (C=O) groups excluding carboxylic acids is 2. The molecule has 3 rings (SSSR count). The number of carboxylic acid groups (broad SMARTS) is 1. The summed E-state index contributed by atoms with van der Waals surface area (Å²) in [5, 5.41) is 15.1. The van der Waals surface area contributed by atoms with E-state index < -0.39 is 35.3 Å². The minimum absolute atomic E-state index is 0.132. The summed E-state index contributed by atoms with van der Waals surface area (Å²) in [5.74, 6) is -2.42. The number of hydrogen-bond acceptors (Lipinski definition) is 6. The summed E-state index contributed by atoms with van der Waals surface area (Å²) in [5.41, 5.74) is -0.755. The van der Waals surface area contributed by atoms with Crippen LogP contribution in [0.25, 0.3) is 0 Å². The lowest BCUT2D eigenvalue weighted by atomic mass is 9.77. The van der Waals surface area contributed by atoms with Gasteiger partial charge in [0.15, 0.2) is 5.78 Å². The second kappa shape index (κ2) is 9.29. The number of carbonyl (C=O) groups is 3. The molecule has 3 N–H and O–H groups in total. The van der Waals surface area contributed by atoms with Crippen molar-refractivity contribution in [2.24, 2.45) is 0 Å². The Bertz CT molecular complexity index is 1010. The summed E-state index contributed by atoms with van der Waals surface area (Å²) in [6, 6.07) is 6.14. The minimum Gasteiger partial charge on any atom is -0.480 e. The molecule has 0 saturated heterocycles. The molecule has 1 aromatic heterocycles. The van der Waals surface area contributed by atoms with E-state index in [0.29, 0.717) is 24.3 Å². The highest BCUT2D eigenvalue weighted by atomic mass is 32.1. The Morgan fingerprint density at radius 3 is 2.34 bits per heavy atom. The second-order valence-corrected chi connectivity index (χ2v) is 8.49. The van der Waals surface area contributed by atoms with E-state index in [0.717, 1.165) is 23.4 Å². The summed E-state index contributed by atoms with van der Waals surface area (Å²) in [4.78, 5) is 37.6. The van der Waals surface area contributed by atoms with Crippen molar-refractivity contribution in [3.8, 4) is 5.75 Å². The van der Waals surface area contributed by atoms with Gasteiger partial charge in [-0.3, -0.25) is 19.7 Å². The molecular weight excluding hydrogens is 449 g/mol. The molecule has 1 saturated carbocycles. The molecule has 32 heavy (non-hydrogen) atoms. The summed E-state index contributed by atoms with van der Waals surface area (Å²) < 4.78 is 40.8. The molecule has 0 aliphatic heterocycles. The van der Waals surface area contributed by atoms with Crippen LogP contribution in [0.15, 0.2) is 30.3 Å². The van der Waals surface area contributed by atoms with E-state index in [1.54, 1.807) is 6.07 Å². The van der Waals surface area contributed by atoms with E-state index in [9.17, 15) is 32.7 Å². The monoisotopic (exact) mass is 470 g/mol. The van der Waals surface area contributed by atoms with Gasteiger partial charge in [0.1, 0.15) is 16.3 Å². The van der Waals surface area contributed by atoms with Crippen molar-refractivity contribution in [2.75, 3.05) is 11.9 Å². The molecule has 7 nitrogen and oxygen atoms in total. The lowest BCUT2D eigenvalue weighted by Crippen LogP contribution is -2.58.